The van der Waals surface area contributed by atoms with E-state index in [0.717, 1.165) is 72.4 Å². The van der Waals surface area contributed by atoms with Gasteiger partial charge in [-0.1, -0.05) is 206 Å². The van der Waals surface area contributed by atoms with Crippen molar-refractivity contribution in [3.05, 3.63) is 197 Å². The van der Waals surface area contributed by atoms with Gasteiger partial charge < -0.3 is 9.30 Å². The smallest absolute Gasteiger partial charge is 0.273 e. The van der Waals surface area contributed by atoms with Crippen molar-refractivity contribution >= 4 is 21.8 Å². The normalized spacial score (nSPS) is 12.6. The first kappa shape index (κ1) is 55.8. The van der Waals surface area contributed by atoms with Crippen LogP contribution in [0.2, 0.25) is 0 Å². The molecule has 0 unspecified atom stereocenters. The number of rotatable bonds is 8. The number of benzene rings is 6. The van der Waals surface area contributed by atoms with E-state index in [1.807, 2.05) is 27.6 Å². The summed E-state index contributed by atoms with van der Waals surface area (Å²) in [7, 11) is 0. The molecule has 0 aliphatic rings. The first-order chi connectivity index (χ1) is 36.1. The van der Waals surface area contributed by atoms with Crippen LogP contribution in [-0.2, 0) is 48.1 Å². The van der Waals surface area contributed by atoms with Gasteiger partial charge in [-0.15, -0.1) is 28.7 Å². The molecule has 0 radical (unpaired) electrons. The average molecular weight is 1210 g/mol. The number of fused-ring (bicyclic) bond motifs is 3. The molecule has 0 aliphatic heterocycles. The van der Waals surface area contributed by atoms with E-state index in [0.29, 0.717) is 23.1 Å². The monoisotopic (exact) mass is 1210 g/mol. The molecule has 6 aromatic carbocycles. The molecule has 0 atom stereocenters. The van der Waals surface area contributed by atoms with Gasteiger partial charge in [0.2, 0.25) is 0 Å². The Morgan fingerprint density at radius 1 is 0.500 bits per heavy atom. The van der Waals surface area contributed by atoms with Gasteiger partial charge >= 0.3 is 0 Å². The molecular formula is C70H74N6OPt-2. The van der Waals surface area contributed by atoms with Gasteiger partial charge in [-0.3, -0.25) is 9.55 Å². The minimum absolute atomic E-state index is 0. The molecule has 0 saturated heterocycles. The second-order valence-corrected chi connectivity index (χ2v) is 26.2. The van der Waals surface area contributed by atoms with E-state index in [4.69, 9.17) is 19.8 Å². The van der Waals surface area contributed by atoms with E-state index in [9.17, 15) is 0 Å². The van der Waals surface area contributed by atoms with Crippen LogP contribution in [0.25, 0.3) is 72.9 Å². The van der Waals surface area contributed by atoms with Crippen LogP contribution in [0.1, 0.15) is 143 Å². The van der Waals surface area contributed by atoms with Crippen molar-refractivity contribution in [1.82, 2.24) is 24.2 Å². The third-order valence-corrected chi connectivity index (χ3v) is 14.9. The molecular weight excluding hydrogens is 1140 g/mol. The van der Waals surface area contributed by atoms with Crippen LogP contribution in [0.5, 0.6) is 11.5 Å². The topological polar surface area (TPSA) is 61.6 Å². The standard InChI is InChI=1S/C70H74N6O.Pt/c1-44-22-21-23-45(2)64(44)59-40-56(77-55-27-28-57-58-34-47(46-24-19-18-20-25-46)26-29-60(58)76(61(57)41-55)62-39-49(30-31-71-62)66(3,4)5)42-63(72-59)74-43-75(54-37-52(69(12,13)14)36-53(38-54)70(15,16)17)73-65(74)48-32-50(67(6,7)8)35-51(33-48)68(9,10)11;/h18-40H,1-17H3;/q-2;. The van der Waals surface area contributed by atoms with Crippen molar-refractivity contribution < 1.29 is 30.5 Å². The Hall–Kier alpha value is -6.95. The molecule has 0 bridgehead atoms. The van der Waals surface area contributed by atoms with Crippen molar-refractivity contribution in [1.29, 1.82) is 0 Å². The molecule has 4 heterocycles. The van der Waals surface area contributed by atoms with E-state index in [-0.39, 0.29) is 48.1 Å². The minimum atomic E-state index is -0.137. The van der Waals surface area contributed by atoms with Crippen LogP contribution in [0.15, 0.2) is 140 Å². The third kappa shape index (κ3) is 11.2. The Morgan fingerprint density at radius 2 is 1.09 bits per heavy atom. The molecule has 78 heavy (non-hydrogen) atoms. The second kappa shape index (κ2) is 20.4. The van der Waals surface area contributed by atoms with Crippen LogP contribution < -0.4 is 9.42 Å². The zero-order chi connectivity index (χ0) is 55.1. The molecule has 0 saturated carbocycles. The van der Waals surface area contributed by atoms with Gasteiger partial charge in [-0.05, 0) is 132 Å². The number of nitrogens with zero attached hydrogens (tertiary/aromatic N) is 6. The molecule has 4 aromatic heterocycles. The van der Waals surface area contributed by atoms with Crippen molar-refractivity contribution in [2.45, 2.75) is 145 Å². The van der Waals surface area contributed by atoms with Crippen LogP contribution in [0.3, 0.4) is 0 Å². The Bertz CT molecular complexity index is 3800. The van der Waals surface area contributed by atoms with Gasteiger partial charge in [-0.2, -0.15) is 16.8 Å². The molecule has 402 valence electrons. The number of hydrogen-bond acceptors (Lipinski definition) is 4. The predicted octanol–water partition coefficient (Wildman–Crippen LogP) is 17.3. The first-order valence-corrected chi connectivity index (χ1v) is 27.1. The quantitative estimate of drug-likeness (QED) is 0.112. The van der Waals surface area contributed by atoms with Crippen LogP contribution >= 0.6 is 0 Å². The largest absolute Gasteiger partial charge is 0.522 e. The fourth-order valence-electron chi connectivity index (χ4n) is 10.1. The fourth-order valence-corrected chi connectivity index (χ4v) is 10.1. The molecule has 10 rings (SSSR count). The maximum absolute atomic E-state index is 7.08. The van der Waals surface area contributed by atoms with Crippen molar-refractivity contribution in [2.75, 3.05) is 0 Å². The predicted molar refractivity (Wildman–Crippen MR) is 317 cm³/mol. The maximum Gasteiger partial charge on any atom is 0.273 e. The van der Waals surface area contributed by atoms with Gasteiger partial charge in [-0.25, -0.2) is 4.98 Å². The minimum Gasteiger partial charge on any atom is -0.522 e. The summed E-state index contributed by atoms with van der Waals surface area (Å²) in [5, 5.41) is 7.67. The van der Waals surface area contributed by atoms with E-state index in [2.05, 4.69) is 262 Å². The molecule has 0 N–H and O–H groups in total. The summed E-state index contributed by atoms with van der Waals surface area (Å²) in [6.45, 7) is 38.2. The number of hydrogen-bond donors (Lipinski definition) is 0. The van der Waals surface area contributed by atoms with Gasteiger partial charge in [0, 0.05) is 44.1 Å². The molecule has 0 fully saturated rings. The third-order valence-electron chi connectivity index (χ3n) is 14.9. The Balaban J connectivity index is 0.00000740. The number of aromatic nitrogens is 6. The number of pyridine rings is 2. The summed E-state index contributed by atoms with van der Waals surface area (Å²) in [6, 6.07) is 55.2. The van der Waals surface area contributed by atoms with E-state index >= 15 is 0 Å². The summed E-state index contributed by atoms with van der Waals surface area (Å²) in [5.41, 5.74) is 15.5. The Kier molecular flexibility index (Phi) is 14.6. The number of aryl methyl sites for hydroxylation is 2. The average Bonchev–Trinajstić information content (AvgIpc) is 4.12. The number of ether oxygens (including phenoxy) is 1. The summed E-state index contributed by atoms with van der Waals surface area (Å²) in [5.74, 6) is 3.01. The molecule has 0 spiro atoms. The maximum atomic E-state index is 7.08. The van der Waals surface area contributed by atoms with Gasteiger partial charge in [0.25, 0.3) is 6.33 Å². The molecule has 0 aliphatic carbocycles. The van der Waals surface area contributed by atoms with Crippen LogP contribution in [-0.4, -0.2) is 24.2 Å². The summed E-state index contributed by atoms with van der Waals surface area (Å²) >= 11 is 0. The zero-order valence-corrected chi connectivity index (χ0v) is 51.0. The molecule has 8 heteroatoms. The van der Waals surface area contributed by atoms with Gasteiger partial charge in [0.15, 0.2) is 5.82 Å². The van der Waals surface area contributed by atoms with Crippen molar-refractivity contribution in [2.24, 2.45) is 0 Å². The van der Waals surface area contributed by atoms with Crippen LogP contribution in [0.4, 0.5) is 0 Å². The van der Waals surface area contributed by atoms with Gasteiger partial charge in [0.1, 0.15) is 5.82 Å². The molecule has 10 aromatic rings. The summed E-state index contributed by atoms with van der Waals surface area (Å²) in [4.78, 5) is 10.5. The first-order valence-electron chi connectivity index (χ1n) is 27.1. The van der Waals surface area contributed by atoms with Crippen LogP contribution in [0, 0.1) is 32.3 Å². The van der Waals surface area contributed by atoms with Gasteiger partial charge in [0.05, 0.1) is 11.5 Å². The molecule has 7 nitrogen and oxygen atoms in total. The second-order valence-electron chi connectivity index (χ2n) is 26.2. The molecule has 0 amide bonds. The van der Waals surface area contributed by atoms with Crippen molar-refractivity contribution in [3.8, 4) is 62.6 Å². The fraction of sp³-hybridized carbons (Fsp3) is 0.314. The summed E-state index contributed by atoms with van der Waals surface area (Å²) in [6.07, 6.45) is 5.65. The zero-order valence-electron chi connectivity index (χ0n) is 48.7. The SMILES string of the molecule is Cc1cccc(C)c1-c1cc(Oc2[c-]c3c(cc2)c2cc(-c4ccccc4)ccc2n3-c2cc(C(C)(C)C)ccn2)[c-]c(-n2[c-][n+](-c3cc(C(C)(C)C)cc(C(C)(C)C)c3)nc2-c2cc(C(C)(C)C)cc(C(C)(C)C)c2)n1.[Pt]. The Labute approximate surface area is 478 Å². The Morgan fingerprint density at radius 3 is 1.68 bits per heavy atom. The van der Waals surface area contributed by atoms with E-state index in [1.54, 1.807) is 0 Å². The van der Waals surface area contributed by atoms with Crippen molar-refractivity contribution in [3.63, 3.8) is 0 Å². The summed E-state index contributed by atoms with van der Waals surface area (Å²) < 4.78 is 13.2. The van der Waals surface area contributed by atoms with E-state index in [1.165, 1.54) is 27.8 Å². The van der Waals surface area contributed by atoms with E-state index < -0.39 is 0 Å².